The molecule has 0 radical (unpaired) electrons. The summed E-state index contributed by atoms with van der Waals surface area (Å²) >= 11 is 0. The zero-order chi connectivity index (χ0) is 11.7. The van der Waals surface area contributed by atoms with E-state index in [1.807, 2.05) is 0 Å². The summed E-state index contributed by atoms with van der Waals surface area (Å²) in [6, 6.07) is 0. The lowest BCUT2D eigenvalue weighted by atomic mass is 9.86. The highest BCUT2D eigenvalue weighted by Gasteiger charge is 2.29. The molecule has 0 aromatic rings. The Morgan fingerprint density at radius 3 is 2.25 bits per heavy atom. The fourth-order valence-electron chi connectivity index (χ4n) is 2.43. The summed E-state index contributed by atoms with van der Waals surface area (Å²) < 4.78 is 0. The fraction of sp³-hybridized carbons (Fsp3) is 0.833. The minimum absolute atomic E-state index is 0.226. The summed E-state index contributed by atoms with van der Waals surface area (Å²) in [5, 5.41) is 0. The summed E-state index contributed by atoms with van der Waals surface area (Å²) in [6.45, 7) is 0.486. The topological polar surface area (TPSA) is 58.9 Å². The van der Waals surface area contributed by atoms with Crippen LogP contribution in [0.4, 0.5) is 0 Å². The molecule has 0 unspecified atom stereocenters. The Labute approximate surface area is 95.9 Å². The predicted molar refractivity (Wildman–Crippen MR) is 60.8 cm³/mol. The van der Waals surface area contributed by atoms with E-state index in [1.165, 1.54) is 18.9 Å². The van der Waals surface area contributed by atoms with Crippen molar-refractivity contribution >= 4 is 12.2 Å². The molecule has 1 rings (SSSR count). The van der Waals surface area contributed by atoms with E-state index in [4.69, 9.17) is 0 Å². The van der Waals surface area contributed by atoms with Crippen molar-refractivity contribution in [2.24, 2.45) is 9.98 Å². The number of rotatable bonds is 5. The van der Waals surface area contributed by atoms with Gasteiger partial charge in [0.25, 0.3) is 0 Å². The lowest BCUT2D eigenvalue weighted by Crippen LogP contribution is -2.25. The van der Waals surface area contributed by atoms with Gasteiger partial charge in [-0.1, -0.05) is 25.7 Å². The molecule has 0 N–H and O–H groups in total. The van der Waals surface area contributed by atoms with Crippen LogP contribution >= 0.6 is 0 Å². The lowest BCUT2D eigenvalue weighted by molar-refractivity contribution is 0.340. The van der Waals surface area contributed by atoms with E-state index in [-0.39, 0.29) is 5.54 Å². The number of isocyanates is 2. The van der Waals surface area contributed by atoms with Crippen LogP contribution in [0.5, 0.6) is 0 Å². The zero-order valence-electron chi connectivity index (χ0n) is 9.57. The minimum atomic E-state index is -0.226. The summed E-state index contributed by atoms with van der Waals surface area (Å²) in [5.74, 6) is 0. The number of carbonyl (C=O) groups excluding carboxylic acids is 2. The van der Waals surface area contributed by atoms with Crippen LogP contribution in [-0.2, 0) is 9.59 Å². The average Bonchev–Trinajstić information content (AvgIpc) is 2.51. The molecule has 0 atom stereocenters. The molecule has 4 nitrogen and oxygen atoms in total. The van der Waals surface area contributed by atoms with Crippen molar-refractivity contribution in [3.63, 3.8) is 0 Å². The fourth-order valence-corrected chi connectivity index (χ4v) is 2.43. The lowest BCUT2D eigenvalue weighted by Gasteiger charge is -2.26. The van der Waals surface area contributed by atoms with Crippen LogP contribution in [0.15, 0.2) is 9.98 Å². The summed E-state index contributed by atoms with van der Waals surface area (Å²) in [6.07, 6.45) is 11.5. The van der Waals surface area contributed by atoms with Crippen LogP contribution in [0.25, 0.3) is 0 Å². The molecule has 0 aromatic heterocycles. The molecule has 88 valence electrons. The highest BCUT2D eigenvalue weighted by atomic mass is 16.1. The first-order chi connectivity index (χ1) is 7.83. The number of hydrogen-bond donors (Lipinski definition) is 0. The van der Waals surface area contributed by atoms with Crippen molar-refractivity contribution < 1.29 is 9.59 Å². The van der Waals surface area contributed by atoms with Gasteiger partial charge in [-0.25, -0.2) is 14.6 Å². The van der Waals surface area contributed by atoms with Crippen molar-refractivity contribution in [3.8, 4) is 0 Å². The second kappa shape index (κ2) is 7.10. The highest BCUT2D eigenvalue weighted by molar-refractivity contribution is 5.35. The number of nitrogens with zero attached hydrogens (tertiary/aromatic N) is 2. The van der Waals surface area contributed by atoms with E-state index in [2.05, 4.69) is 9.98 Å². The van der Waals surface area contributed by atoms with E-state index in [0.29, 0.717) is 6.54 Å². The molecular formula is C12H18N2O2. The Morgan fingerprint density at radius 2 is 1.69 bits per heavy atom. The molecule has 0 saturated heterocycles. The average molecular weight is 222 g/mol. The van der Waals surface area contributed by atoms with Crippen LogP contribution < -0.4 is 0 Å². The van der Waals surface area contributed by atoms with E-state index in [0.717, 1.165) is 38.5 Å². The maximum Gasteiger partial charge on any atom is 0.235 e. The third kappa shape index (κ3) is 4.09. The van der Waals surface area contributed by atoms with E-state index in [9.17, 15) is 9.59 Å². The van der Waals surface area contributed by atoms with Crippen molar-refractivity contribution in [2.75, 3.05) is 6.54 Å². The first-order valence-corrected chi connectivity index (χ1v) is 5.96. The first kappa shape index (κ1) is 12.8. The largest absolute Gasteiger partial charge is 0.235 e. The maximum atomic E-state index is 10.5. The van der Waals surface area contributed by atoms with Crippen molar-refractivity contribution in [2.45, 2.75) is 56.9 Å². The molecule has 0 aromatic carbocycles. The summed E-state index contributed by atoms with van der Waals surface area (Å²) in [4.78, 5) is 28.0. The smallest absolute Gasteiger partial charge is 0.211 e. The van der Waals surface area contributed by atoms with Crippen LogP contribution in [0.2, 0.25) is 0 Å². The van der Waals surface area contributed by atoms with Gasteiger partial charge in [0.2, 0.25) is 12.2 Å². The van der Waals surface area contributed by atoms with E-state index < -0.39 is 0 Å². The van der Waals surface area contributed by atoms with Gasteiger partial charge in [-0.05, 0) is 25.7 Å². The second-order valence-electron chi connectivity index (χ2n) is 4.42. The second-order valence-corrected chi connectivity index (χ2v) is 4.42. The van der Waals surface area contributed by atoms with Crippen LogP contribution in [0, 0.1) is 0 Å². The summed E-state index contributed by atoms with van der Waals surface area (Å²) in [7, 11) is 0. The van der Waals surface area contributed by atoms with Gasteiger partial charge in [-0.2, -0.15) is 4.99 Å². The third-order valence-corrected chi connectivity index (χ3v) is 3.29. The molecule has 4 heteroatoms. The Balaban J connectivity index is 2.55. The van der Waals surface area contributed by atoms with Crippen LogP contribution in [0.3, 0.4) is 0 Å². The molecular weight excluding hydrogens is 204 g/mol. The van der Waals surface area contributed by atoms with Gasteiger partial charge < -0.3 is 0 Å². The molecule has 1 saturated carbocycles. The molecule has 0 spiro atoms. The van der Waals surface area contributed by atoms with Crippen molar-refractivity contribution in [1.29, 1.82) is 0 Å². The Bertz CT molecular complexity index is 294. The van der Waals surface area contributed by atoms with Gasteiger partial charge >= 0.3 is 0 Å². The monoisotopic (exact) mass is 222 g/mol. The zero-order valence-corrected chi connectivity index (χ0v) is 9.57. The normalized spacial score (nSPS) is 19.0. The quantitative estimate of drug-likeness (QED) is 0.310. The van der Waals surface area contributed by atoms with Gasteiger partial charge in [0.1, 0.15) is 0 Å². The first-order valence-electron chi connectivity index (χ1n) is 5.96. The van der Waals surface area contributed by atoms with E-state index >= 15 is 0 Å². The van der Waals surface area contributed by atoms with Gasteiger partial charge in [0.15, 0.2) is 0 Å². The number of hydrogen-bond acceptors (Lipinski definition) is 4. The SMILES string of the molecule is O=C=NCCCC1(N=C=O)CCCCCC1. The highest BCUT2D eigenvalue weighted by Crippen LogP contribution is 2.34. The number of aliphatic imine (C=N–C) groups is 2. The Morgan fingerprint density at radius 1 is 1.00 bits per heavy atom. The molecule has 1 fully saturated rings. The van der Waals surface area contributed by atoms with Gasteiger partial charge in [0, 0.05) is 0 Å². The predicted octanol–water partition coefficient (Wildman–Crippen LogP) is 2.53. The van der Waals surface area contributed by atoms with Crippen molar-refractivity contribution in [3.05, 3.63) is 0 Å². The minimum Gasteiger partial charge on any atom is -0.211 e. The Kier molecular flexibility index (Phi) is 5.69. The molecule has 0 aliphatic heterocycles. The Hall–Kier alpha value is -1.24. The van der Waals surface area contributed by atoms with Gasteiger partial charge in [-0.15, -0.1) is 0 Å². The van der Waals surface area contributed by atoms with Crippen LogP contribution in [-0.4, -0.2) is 24.2 Å². The third-order valence-electron chi connectivity index (χ3n) is 3.29. The maximum absolute atomic E-state index is 10.5. The van der Waals surface area contributed by atoms with Crippen LogP contribution in [0.1, 0.15) is 51.4 Å². The standard InChI is InChI=1S/C12H18N2O2/c15-10-13-9-5-8-12(14-11-16)6-3-1-2-4-7-12/h1-9H2. The summed E-state index contributed by atoms with van der Waals surface area (Å²) in [5.41, 5.74) is -0.226. The molecule has 16 heavy (non-hydrogen) atoms. The van der Waals surface area contributed by atoms with Gasteiger partial charge in [-0.3, -0.25) is 0 Å². The molecule has 0 amide bonds. The molecule has 0 bridgehead atoms. The van der Waals surface area contributed by atoms with E-state index in [1.54, 1.807) is 6.08 Å². The molecule has 1 aliphatic carbocycles. The molecule has 1 aliphatic rings. The molecule has 0 heterocycles. The van der Waals surface area contributed by atoms with Gasteiger partial charge in [0.05, 0.1) is 12.1 Å². The van der Waals surface area contributed by atoms with Crippen molar-refractivity contribution in [1.82, 2.24) is 0 Å².